The minimum absolute atomic E-state index is 0.668. The molecule has 1 aliphatic carbocycles. The summed E-state index contributed by atoms with van der Waals surface area (Å²) in [5.74, 6) is 1.66. The lowest BCUT2D eigenvalue weighted by Crippen LogP contribution is -2.19. The van der Waals surface area contributed by atoms with Crippen molar-refractivity contribution in [1.29, 1.82) is 0 Å². The third-order valence-corrected chi connectivity index (χ3v) is 4.36. The van der Waals surface area contributed by atoms with E-state index in [1.54, 1.807) is 0 Å². The summed E-state index contributed by atoms with van der Waals surface area (Å²) in [4.78, 5) is 0. The number of rotatable bonds is 5. The molecule has 94 valence electrons. The first-order chi connectivity index (χ1) is 8.20. The fourth-order valence-electron chi connectivity index (χ4n) is 1.92. The van der Waals surface area contributed by atoms with Crippen LogP contribution in [-0.4, -0.2) is 13.2 Å². The fourth-order valence-corrected chi connectivity index (χ4v) is 3.43. The Hall–Kier alpha value is -0.0600. The lowest BCUT2D eigenvalue weighted by molar-refractivity contribution is 0.179. The maximum absolute atomic E-state index is 5.88. The molecule has 0 heterocycles. The second kappa shape index (κ2) is 6.21. The molecule has 0 bridgehead atoms. The van der Waals surface area contributed by atoms with Crippen molar-refractivity contribution < 1.29 is 4.74 Å². The van der Waals surface area contributed by atoms with Crippen LogP contribution in [0.1, 0.15) is 24.8 Å². The number of ether oxygens (including phenoxy) is 1. The maximum atomic E-state index is 5.88. The number of hydrogen-bond donors (Lipinski definition) is 1. The summed E-state index contributed by atoms with van der Waals surface area (Å²) >= 11 is 7.12. The standard InChI is InChI=1S/C13H17Br2NO/c14-11-6-10(4-5-16)7-12(15)13(11)17-8-9-2-1-3-9/h6-7,9H,1-5,8,16H2. The summed E-state index contributed by atoms with van der Waals surface area (Å²) < 4.78 is 7.90. The zero-order valence-corrected chi connectivity index (χ0v) is 12.9. The van der Waals surface area contributed by atoms with Gasteiger partial charge in [-0.05, 0) is 81.3 Å². The topological polar surface area (TPSA) is 35.2 Å². The number of hydrogen-bond acceptors (Lipinski definition) is 2. The van der Waals surface area contributed by atoms with Crippen LogP contribution in [-0.2, 0) is 6.42 Å². The van der Waals surface area contributed by atoms with E-state index in [1.165, 1.54) is 24.8 Å². The fraction of sp³-hybridized carbons (Fsp3) is 0.538. The van der Waals surface area contributed by atoms with Gasteiger partial charge in [0.25, 0.3) is 0 Å². The molecule has 17 heavy (non-hydrogen) atoms. The van der Waals surface area contributed by atoms with Crippen LogP contribution < -0.4 is 10.5 Å². The molecule has 0 aliphatic heterocycles. The van der Waals surface area contributed by atoms with Crippen LogP contribution in [0.25, 0.3) is 0 Å². The number of benzene rings is 1. The highest BCUT2D eigenvalue weighted by Gasteiger charge is 2.19. The molecule has 2 rings (SSSR count). The van der Waals surface area contributed by atoms with E-state index in [2.05, 4.69) is 44.0 Å². The first-order valence-corrected chi connectivity index (χ1v) is 7.60. The summed E-state index contributed by atoms with van der Waals surface area (Å²) in [5, 5.41) is 0. The molecule has 0 saturated heterocycles. The smallest absolute Gasteiger partial charge is 0.147 e. The van der Waals surface area contributed by atoms with Crippen LogP contribution in [0.3, 0.4) is 0 Å². The molecule has 0 spiro atoms. The largest absolute Gasteiger partial charge is 0.491 e. The van der Waals surface area contributed by atoms with Crippen molar-refractivity contribution >= 4 is 31.9 Å². The molecule has 0 atom stereocenters. The lowest BCUT2D eigenvalue weighted by Gasteiger charge is -2.25. The summed E-state index contributed by atoms with van der Waals surface area (Å²) in [5.41, 5.74) is 6.79. The van der Waals surface area contributed by atoms with E-state index < -0.39 is 0 Å². The SMILES string of the molecule is NCCc1cc(Br)c(OCC2CCC2)c(Br)c1. The van der Waals surface area contributed by atoms with E-state index >= 15 is 0 Å². The molecule has 0 radical (unpaired) electrons. The Labute approximate surface area is 119 Å². The third-order valence-electron chi connectivity index (χ3n) is 3.18. The predicted molar refractivity (Wildman–Crippen MR) is 77.4 cm³/mol. The van der Waals surface area contributed by atoms with Crippen LogP contribution in [0.2, 0.25) is 0 Å². The van der Waals surface area contributed by atoms with E-state index in [4.69, 9.17) is 10.5 Å². The van der Waals surface area contributed by atoms with E-state index in [0.717, 1.165) is 33.6 Å². The van der Waals surface area contributed by atoms with Gasteiger partial charge < -0.3 is 10.5 Å². The summed E-state index contributed by atoms with van der Waals surface area (Å²) in [6.45, 7) is 1.49. The summed E-state index contributed by atoms with van der Waals surface area (Å²) in [6, 6.07) is 4.18. The van der Waals surface area contributed by atoms with Gasteiger partial charge in [0, 0.05) is 0 Å². The van der Waals surface area contributed by atoms with Crippen LogP contribution in [0.15, 0.2) is 21.1 Å². The Bertz CT molecular complexity index is 368. The van der Waals surface area contributed by atoms with Crippen molar-refractivity contribution in [2.24, 2.45) is 11.7 Å². The normalized spacial score (nSPS) is 15.7. The third kappa shape index (κ3) is 3.46. The summed E-state index contributed by atoms with van der Waals surface area (Å²) in [7, 11) is 0. The molecule has 1 saturated carbocycles. The van der Waals surface area contributed by atoms with Crippen LogP contribution in [0, 0.1) is 5.92 Å². The van der Waals surface area contributed by atoms with Crippen molar-refractivity contribution in [3.8, 4) is 5.75 Å². The van der Waals surface area contributed by atoms with Crippen molar-refractivity contribution in [2.45, 2.75) is 25.7 Å². The number of halogens is 2. The first-order valence-electron chi connectivity index (χ1n) is 6.01. The average molecular weight is 363 g/mol. The van der Waals surface area contributed by atoms with Crippen LogP contribution in [0.4, 0.5) is 0 Å². The van der Waals surface area contributed by atoms with Gasteiger partial charge >= 0.3 is 0 Å². The second-order valence-electron chi connectivity index (χ2n) is 4.54. The molecule has 2 nitrogen and oxygen atoms in total. The van der Waals surface area contributed by atoms with E-state index in [1.807, 2.05) is 0 Å². The Morgan fingerprint density at radius 1 is 1.24 bits per heavy atom. The minimum Gasteiger partial charge on any atom is -0.491 e. The zero-order valence-electron chi connectivity index (χ0n) is 9.72. The van der Waals surface area contributed by atoms with Crippen molar-refractivity contribution in [3.05, 3.63) is 26.6 Å². The Morgan fingerprint density at radius 3 is 2.35 bits per heavy atom. The quantitative estimate of drug-likeness (QED) is 0.862. The molecule has 0 unspecified atom stereocenters. The maximum Gasteiger partial charge on any atom is 0.147 e. The Kier molecular flexibility index (Phi) is 4.88. The first kappa shape index (κ1) is 13.4. The summed E-state index contributed by atoms with van der Waals surface area (Å²) in [6.07, 6.45) is 4.85. The van der Waals surface area contributed by atoms with Crippen LogP contribution >= 0.6 is 31.9 Å². The molecular weight excluding hydrogens is 346 g/mol. The van der Waals surface area contributed by atoms with E-state index in [-0.39, 0.29) is 0 Å². The predicted octanol–water partition coefficient (Wildman–Crippen LogP) is 3.89. The molecule has 0 aromatic heterocycles. The van der Waals surface area contributed by atoms with Gasteiger partial charge in [-0.25, -0.2) is 0 Å². The molecule has 1 fully saturated rings. The highest BCUT2D eigenvalue weighted by atomic mass is 79.9. The molecule has 1 aromatic rings. The van der Waals surface area contributed by atoms with Gasteiger partial charge in [0.2, 0.25) is 0 Å². The second-order valence-corrected chi connectivity index (χ2v) is 6.24. The van der Waals surface area contributed by atoms with Gasteiger partial charge in [-0.1, -0.05) is 6.42 Å². The monoisotopic (exact) mass is 361 g/mol. The highest BCUT2D eigenvalue weighted by molar-refractivity contribution is 9.11. The average Bonchev–Trinajstić information content (AvgIpc) is 2.20. The van der Waals surface area contributed by atoms with Gasteiger partial charge in [-0.3, -0.25) is 0 Å². The Balaban J connectivity index is 2.04. The molecule has 4 heteroatoms. The van der Waals surface area contributed by atoms with Crippen molar-refractivity contribution in [1.82, 2.24) is 0 Å². The van der Waals surface area contributed by atoms with Crippen LogP contribution in [0.5, 0.6) is 5.75 Å². The lowest BCUT2D eigenvalue weighted by atomic mass is 9.86. The number of nitrogens with two attached hydrogens (primary N) is 1. The van der Waals surface area contributed by atoms with Crippen molar-refractivity contribution in [2.75, 3.05) is 13.2 Å². The minimum atomic E-state index is 0.668. The molecule has 1 aromatic carbocycles. The van der Waals surface area contributed by atoms with Gasteiger partial charge in [-0.15, -0.1) is 0 Å². The molecule has 2 N–H and O–H groups in total. The molecular formula is C13H17Br2NO. The van der Waals surface area contributed by atoms with E-state index in [0.29, 0.717) is 6.54 Å². The van der Waals surface area contributed by atoms with Gasteiger partial charge in [0.15, 0.2) is 0 Å². The van der Waals surface area contributed by atoms with Gasteiger partial charge in [0.05, 0.1) is 15.6 Å². The highest BCUT2D eigenvalue weighted by Crippen LogP contribution is 2.36. The van der Waals surface area contributed by atoms with Crippen molar-refractivity contribution in [3.63, 3.8) is 0 Å². The van der Waals surface area contributed by atoms with Gasteiger partial charge in [0.1, 0.15) is 5.75 Å². The van der Waals surface area contributed by atoms with E-state index in [9.17, 15) is 0 Å². The van der Waals surface area contributed by atoms with Gasteiger partial charge in [-0.2, -0.15) is 0 Å². The zero-order chi connectivity index (χ0) is 12.3. The molecule has 0 amide bonds. The molecule has 1 aliphatic rings. The Morgan fingerprint density at radius 2 is 1.88 bits per heavy atom.